The molecule has 0 bridgehead atoms. The molecule has 152 valence electrons. The number of amides is 2. The van der Waals surface area contributed by atoms with Gasteiger partial charge in [0.2, 0.25) is 5.91 Å². The van der Waals surface area contributed by atoms with Crippen LogP contribution in [0.5, 0.6) is 0 Å². The highest BCUT2D eigenvalue weighted by molar-refractivity contribution is 5.99. The van der Waals surface area contributed by atoms with E-state index in [0.717, 1.165) is 56.6 Å². The molecule has 1 aromatic rings. The molecule has 0 aromatic heterocycles. The average Bonchev–Trinajstić information content (AvgIpc) is 3.59. The summed E-state index contributed by atoms with van der Waals surface area (Å²) in [6.45, 7) is 2.55. The van der Waals surface area contributed by atoms with Crippen LogP contribution in [0.25, 0.3) is 0 Å². The van der Waals surface area contributed by atoms with Crippen LogP contribution in [-0.2, 0) is 4.79 Å². The third kappa shape index (κ3) is 4.86. The van der Waals surface area contributed by atoms with E-state index < -0.39 is 0 Å². The smallest absolute Gasteiger partial charge is 0.253 e. The number of carbonyl (C=O) groups is 2. The normalized spacial score (nSPS) is 21.4. The number of para-hydroxylation sites is 1. The van der Waals surface area contributed by atoms with E-state index >= 15 is 0 Å². The number of rotatable bonds is 6. The third-order valence-corrected chi connectivity index (χ3v) is 6.55. The molecular formula is C23H33N3O2. The first-order valence-corrected chi connectivity index (χ1v) is 11.1. The van der Waals surface area contributed by atoms with Crippen molar-refractivity contribution >= 4 is 17.5 Å². The first-order chi connectivity index (χ1) is 13.7. The Morgan fingerprint density at radius 3 is 2.36 bits per heavy atom. The molecule has 5 nitrogen and oxygen atoms in total. The SMILES string of the molecule is O=C(NCC1CCCCC1)c1ccccc1N1CCC(NC(=O)C2CC2)CC1. The summed E-state index contributed by atoms with van der Waals surface area (Å²) in [5, 5.41) is 6.38. The van der Waals surface area contributed by atoms with Crippen molar-refractivity contribution in [2.24, 2.45) is 11.8 Å². The Balaban J connectivity index is 1.32. The van der Waals surface area contributed by atoms with Gasteiger partial charge >= 0.3 is 0 Å². The second kappa shape index (κ2) is 8.97. The molecule has 0 unspecified atom stereocenters. The van der Waals surface area contributed by atoms with Crippen molar-refractivity contribution in [2.75, 3.05) is 24.5 Å². The quantitative estimate of drug-likeness (QED) is 0.790. The first-order valence-electron chi connectivity index (χ1n) is 11.1. The molecule has 28 heavy (non-hydrogen) atoms. The van der Waals surface area contributed by atoms with Crippen LogP contribution in [0, 0.1) is 11.8 Å². The Bertz CT molecular complexity index is 687. The maximum Gasteiger partial charge on any atom is 0.253 e. The largest absolute Gasteiger partial charge is 0.371 e. The summed E-state index contributed by atoms with van der Waals surface area (Å²) in [5.74, 6) is 1.19. The Kier molecular flexibility index (Phi) is 6.18. The van der Waals surface area contributed by atoms with Gasteiger partial charge in [-0.2, -0.15) is 0 Å². The second-order valence-electron chi connectivity index (χ2n) is 8.78. The van der Waals surface area contributed by atoms with Crippen molar-refractivity contribution in [3.05, 3.63) is 29.8 Å². The van der Waals surface area contributed by atoms with Crippen LogP contribution in [0.2, 0.25) is 0 Å². The summed E-state index contributed by atoms with van der Waals surface area (Å²) in [7, 11) is 0. The second-order valence-corrected chi connectivity index (χ2v) is 8.78. The molecule has 2 N–H and O–H groups in total. The third-order valence-electron chi connectivity index (χ3n) is 6.55. The van der Waals surface area contributed by atoms with E-state index in [1.807, 2.05) is 18.2 Å². The molecule has 1 heterocycles. The van der Waals surface area contributed by atoms with Gasteiger partial charge in [-0.1, -0.05) is 31.4 Å². The van der Waals surface area contributed by atoms with Gasteiger partial charge in [-0.3, -0.25) is 9.59 Å². The lowest BCUT2D eigenvalue weighted by molar-refractivity contribution is -0.123. The van der Waals surface area contributed by atoms with Crippen molar-refractivity contribution in [3.8, 4) is 0 Å². The fourth-order valence-corrected chi connectivity index (χ4v) is 4.59. The van der Waals surface area contributed by atoms with Gasteiger partial charge in [-0.05, 0) is 56.6 Å². The molecule has 1 aliphatic heterocycles. The van der Waals surface area contributed by atoms with Crippen LogP contribution in [0.3, 0.4) is 0 Å². The fourth-order valence-electron chi connectivity index (χ4n) is 4.59. The van der Waals surface area contributed by atoms with Crippen molar-refractivity contribution in [1.82, 2.24) is 10.6 Å². The fraction of sp³-hybridized carbons (Fsp3) is 0.652. The molecule has 2 aliphatic carbocycles. The zero-order valence-electron chi connectivity index (χ0n) is 16.8. The van der Waals surface area contributed by atoms with Crippen molar-refractivity contribution in [3.63, 3.8) is 0 Å². The van der Waals surface area contributed by atoms with Gasteiger partial charge in [0.25, 0.3) is 5.91 Å². The minimum Gasteiger partial charge on any atom is -0.371 e. The van der Waals surface area contributed by atoms with E-state index in [1.165, 1.54) is 32.1 Å². The number of anilines is 1. The zero-order chi connectivity index (χ0) is 19.3. The molecule has 5 heteroatoms. The summed E-state index contributed by atoms with van der Waals surface area (Å²) < 4.78 is 0. The Hall–Kier alpha value is -2.04. The summed E-state index contributed by atoms with van der Waals surface area (Å²) in [4.78, 5) is 27.1. The molecule has 1 saturated heterocycles. The molecule has 0 radical (unpaired) electrons. The van der Waals surface area contributed by atoms with E-state index in [2.05, 4.69) is 21.6 Å². The van der Waals surface area contributed by atoms with E-state index in [4.69, 9.17) is 0 Å². The highest BCUT2D eigenvalue weighted by Gasteiger charge is 2.32. The van der Waals surface area contributed by atoms with Crippen LogP contribution in [0.15, 0.2) is 24.3 Å². The molecule has 2 amide bonds. The van der Waals surface area contributed by atoms with Crippen LogP contribution in [0.4, 0.5) is 5.69 Å². The maximum absolute atomic E-state index is 12.8. The lowest BCUT2D eigenvalue weighted by Gasteiger charge is -2.35. The van der Waals surface area contributed by atoms with Crippen molar-refractivity contribution in [1.29, 1.82) is 0 Å². The van der Waals surface area contributed by atoms with Gasteiger partial charge in [0.05, 0.1) is 5.56 Å². The van der Waals surface area contributed by atoms with Gasteiger partial charge in [-0.15, -0.1) is 0 Å². The summed E-state index contributed by atoms with van der Waals surface area (Å²) in [6.07, 6.45) is 10.4. The summed E-state index contributed by atoms with van der Waals surface area (Å²) in [6, 6.07) is 8.22. The number of carbonyl (C=O) groups excluding carboxylic acids is 2. The van der Waals surface area contributed by atoms with Crippen LogP contribution in [-0.4, -0.2) is 37.5 Å². The molecule has 4 rings (SSSR count). The van der Waals surface area contributed by atoms with Crippen LogP contribution >= 0.6 is 0 Å². The Morgan fingerprint density at radius 2 is 1.64 bits per heavy atom. The predicted octanol–water partition coefficient (Wildman–Crippen LogP) is 3.49. The van der Waals surface area contributed by atoms with Gasteiger partial charge in [0.1, 0.15) is 0 Å². The topological polar surface area (TPSA) is 61.4 Å². The highest BCUT2D eigenvalue weighted by Crippen LogP contribution is 2.30. The monoisotopic (exact) mass is 383 g/mol. The number of piperidine rings is 1. The van der Waals surface area contributed by atoms with E-state index in [1.54, 1.807) is 0 Å². The van der Waals surface area contributed by atoms with E-state index in [9.17, 15) is 9.59 Å². The van der Waals surface area contributed by atoms with Crippen molar-refractivity contribution < 1.29 is 9.59 Å². The molecule has 0 atom stereocenters. The number of nitrogens with one attached hydrogen (secondary N) is 2. The van der Waals surface area contributed by atoms with Gasteiger partial charge in [0.15, 0.2) is 0 Å². The Labute approximate surface area is 168 Å². The average molecular weight is 384 g/mol. The Morgan fingerprint density at radius 1 is 0.929 bits per heavy atom. The molecule has 3 fully saturated rings. The molecule has 1 aromatic carbocycles. The highest BCUT2D eigenvalue weighted by atomic mass is 16.2. The maximum atomic E-state index is 12.8. The number of nitrogens with zero attached hydrogens (tertiary/aromatic N) is 1. The lowest BCUT2D eigenvalue weighted by Crippen LogP contribution is -2.45. The number of hydrogen-bond acceptors (Lipinski definition) is 3. The van der Waals surface area contributed by atoms with E-state index in [-0.39, 0.29) is 23.8 Å². The number of hydrogen-bond donors (Lipinski definition) is 2. The minimum atomic E-state index is 0.0466. The van der Waals surface area contributed by atoms with Crippen LogP contribution in [0.1, 0.15) is 68.1 Å². The van der Waals surface area contributed by atoms with Crippen LogP contribution < -0.4 is 15.5 Å². The van der Waals surface area contributed by atoms with Gasteiger partial charge in [0, 0.05) is 37.3 Å². The standard InChI is InChI=1S/C23H33N3O2/c27-22(18-10-11-18)25-19-12-14-26(15-13-19)21-9-5-4-8-20(21)23(28)24-16-17-6-2-1-3-7-17/h4-5,8-9,17-19H,1-3,6-7,10-16H2,(H,24,28)(H,25,27). The first kappa shape index (κ1) is 19.3. The zero-order valence-corrected chi connectivity index (χ0v) is 16.8. The lowest BCUT2D eigenvalue weighted by atomic mass is 9.89. The van der Waals surface area contributed by atoms with Gasteiger partial charge in [-0.25, -0.2) is 0 Å². The molecule has 3 aliphatic rings. The predicted molar refractivity (Wildman–Crippen MR) is 111 cm³/mol. The molecular weight excluding hydrogens is 350 g/mol. The number of benzene rings is 1. The minimum absolute atomic E-state index is 0.0466. The molecule has 2 saturated carbocycles. The van der Waals surface area contributed by atoms with E-state index in [0.29, 0.717) is 5.92 Å². The summed E-state index contributed by atoms with van der Waals surface area (Å²) >= 11 is 0. The molecule has 0 spiro atoms. The van der Waals surface area contributed by atoms with Crippen molar-refractivity contribution in [2.45, 2.75) is 63.8 Å². The summed E-state index contributed by atoms with van der Waals surface area (Å²) in [5.41, 5.74) is 1.80. The van der Waals surface area contributed by atoms with Gasteiger partial charge < -0.3 is 15.5 Å².